The Balaban J connectivity index is 1.42. The second-order valence-corrected chi connectivity index (χ2v) is 11.3. The Labute approximate surface area is 225 Å². The van der Waals surface area contributed by atoms with E-state index in [1.165, 1.54) is 28.0 Å². The van der Waals surface area contributed by atoms with Crippen molar-refractivity contribution < 1.29 is 27.9 Å². The quantitative estimate of drug-likeness (QED) is 0.424. The smallest absolute Gasteiger partial charge is 0.413 e. The summed E-state index contributed by atoms with van der Waals surface area (Å²) in [6.45, 7) is 2.80. The summed E-state index contributed by atoms with van der Waals surface area (Å²) in [7, 11) is -2.06. The number of amidine groups is 1. The fourth-order valence-corrected chi connectivity index (χ4v) is 5.59. The summed E-state index contributed by atoms with van der Waals surface area (Å²) in [5.41, 5.74) is 1.56. The number of aliphatic imine (C=N–C) groups is 1. The highest BCUT2D eigenvalue weighted by molar-refractivity contribution is 7.91. The van der Waals surface area contributed by atoms with Gasteiger partial charge in [-0.15, -0.1) is 0 Å². The van der Waals surface area contributed by atoms with Crippen molar-refractivity contribution in [3.05, 3.63) is 63.6 Å². The van der Waals surface area contributed by atoms with E-state index in [-0.39, 0.29) is 46.0 Å². The monoisotopic (exact) mass is 570 g/mol. The highest BCUT2D eigenvalue weighted by atomic mass is 35.5. The predicted octanol–water partition coefficient (Wildman–Crippen LogP) is 3.12. The van der Waals surface area contributed by atoms with E-state index in [4.69, 9.17) is 27.9 Å². The first-order chi connectivity index (χ1) is 17.5. The maximum absolute atomic E-state index is 12.6. The van der Waals surface area contributed by atoms with Crippen molar-refractivity contribution in [2.24, 2.45) is 4.99 Å². The summed E-state index contributed by atoms with van der Waals surface area (Å²) < 4.78 is 30.6. The molecule has 1 heterocycles. The van der Waals surface area contributed by atoms with Gasteiger partial charge in [0, 0.05) is 25.2 Å². The fourth-order valence-electron chi connectivity index (χ4n) is 3.55. The molecule has 2 aromatic carbocycles. The highest BCUT2D eigenvalue weighted by Crippen LogP contribution is 2.29. The van der Waals surface area contributed by atoms with Crippen LogP contribution in [0.1, 0.15) is 18.1 Å². The maximum atomic E-state index is 12.6. The van der Waals surface area contributed by atoms with Gasteiger partial charge in [-0.3, -0.25) is 20.0 Å². The Morgan fingerprint density at radius 3 is 2.59 bits per heavy atom. The molecule has 10 nitrogen and oxygen atoms in total. The number of carboxylic acid groups (broad SMARTS) is 1. The van der Waals surface area contributed by atoms with E-state index in [0.29, 0.717) is 31.0 Å². The van der Waals surface area contributed by atoms with Gasteiger partial charge in [-0.1, -0.05) is 53.5 Å². The molecule has 1 atom stereocenters. The van der Waals surface area contributed by atoms with E-state index in [0.717, 1.165) is 5.56 Å². The lowest BCUT2D eigenvalue weighted by molar-refractivity contribution is -0.135. The van der Waals surface area contributed by atoms with E-state index < -0.39 is 15.9 Å². The minimum absolute atomic E-state index is 0.0207. The van der Waals surface area contributed by atoms with Crippen molar-refractivity contribution in [3.63, 3.8) is 0 Å². The Morgan fingerprint density at radius 1 is 1.22 bits per heavy atom. The van der Waals surface area contributed by atoms with Gasteiger partial charge in [-0.05, 0) is 24.6 Å². The van der Waals surface area contributed by atoms with Crippen LogP contribution >= 0.6 is 23.2 Å². The Hall–Kier alpha value is -2.70. The summed E-state index contributed by atoms with van der Waals surface area (Å²) in [6.07, 6.45) is -1.04. The van der Waals surface area contributed by atoms with Crippen LogP contribution in [0.15, 0.2) is 52.4 Å². The number of likely N-dealkylation sites (N-methyl/N-ethyl adjacent to an activating group) is 1. The van der Waals surface area contributed by atoms with Gasteiger partial charge in [0.05, 0.1) is 34.6 Å². The van der Waals surface area contributed by atoms with Gasteiger partial charge in [0.25, 0.3) is 0 Å². The molecule has 200 valence electrons. The molecule has 0 spiro atoms. The van der Waals surface area contributed by atoms with E-state index in [9.17, 15) is 23.1 Å². The topological polar surface area (TPSA) is 129 Å². The van der Waals surface area contributed by atoms with Crippen molar-refractivity contribution in [2.45, 2.75) is 24.4 Å². The van der Waals surface area contributed by atoms with Gasteiger partial charge in [0.1, 0.15) is 18.3 Å². The highest BCUT2D eigenvalue weighted by Gasteiger charge is 2.24. The average Bonchev–Trinajstić information content (AvgIpc) is 3.35. The molecule has 0 saturated carbocycles. The summed E-state index contributed by atoms with van der Waals surface area (Å²) in [6, 6.07) is 11.3. The number of ether oxygens (including phenoxy) is 1. The summed E-state index contributed by atoms with van der Waals surface area (Å²) in [5, 5.41) is 12.3. The molecule has 3 rings (SSSR count). The molecule has 37 heavy (non-hydrogen) atoms. The van der Waals surface area contributed by atoms with Crippen LogP contribution in [-0.4, -0.2) is 86.4 Å². The number of hydrogen-bond donors (Lipinski definition) is 2. The van der Waals surface area contributed by atoms with Gasteiger partial charge in [0.15, 0.2) is 9.84 Å². The lowest BCUT2D eigenvalue weighted by Crippen LogP contribution is -2.36. The molecule has 1 unspecified atom stereocenters. The number of benzene rings is 2. The summed E-state index contributed by atoms with van der Waals surface area (Å²) in [4.78, 5) is 30.7. The van der Waals surface area contributed by atoms with E-state index in [2.05, 4.69) is 10.3 Å². The van der Waals surface area contributed by atoms with Gasteiger partial charge in [0.2, 0.25) is 5.91 Å². The van der Waals surface area contributed by atoms with Crippen molar-refractivity contribution in [3.8, 4) is 0 Å². The number of carbonyl (C=O) groups excluding carboxylic acids is 1. The molecule has 13 heteroatoms. The Bertz CT molecular complexity index is 1270. The minimum Gasteiger partial charge on any atom is -0.465 e. The number of nitrogens with zero attached hydrogens (tertiary/aromatic N) is 3. The third kappa shape index (κ3) is 7.65. The molecule has 0 saturated heterocycles. The molecule has 1 aliphatic heterocycles. The second kappa shape index (κ2) is 12.7. The van der Waals surface area contributed by atoms with Crippen LogP contribution in [0.4, 0.5) is 4.79 Å². The molecule has 0 bridgehead atoms. The second-order valence-electron chi connectivity index (χ2n) is 8.52. The van der Waals surface area contributed by atoms with E-state index in [1.54, 1.807) is 26.1 Å². The molecule has 0 aromatic heterocycles. The van der Waals surface area contributed by atoms with Gasteiger partial charge in [-0.25, -0.2) is 13.2 Å². The zero-order chi connectivity index (χ0) is 27.2. The van der Waals surface area contributed by atoms with Crippen LogP contribution in [0, 0.1) is 0 Å². The van der Waals surface area contributed by atoms with Crippen LogP contribution in [0.2, 0.25) is 10.0 Å². The first kappa shape index (κ1) is 28.9. The van der Waals surface area contributed by atoms with Gasteiger partial charge < -0.3 is 14.7 Å². The number of hydrogen-bond acceptors (Lipinski definition) is 7. The molecule has 0 aliphatic carbocycles. The summed E-state index contributed by atoms with van der Waals surface area (Å²) in [5.74, 6) is -0.187. The number of sulfone groups is 1. The first-order valence-corrected chi connectivity index (χ1v) is 13.8. The molecular weight excluding hydrogens is 543 g/mol. The Kier molecular flexibility index (Phi) is 9.91. The third-order valence-electron chi connectivity index (χ3n) is 5.60. The van der Waals surface area contributed by atoms with Crippen molar-refractivity contribution in [1.29, 1.82) is 0 Å². The molecule has 2 aromatic rings. The van der Waals surface area contributed by atoms with Crippen molar-refractivity contribution in [2.75, 3.05) is 39.2 Å². The normalized spacial score (nSPS) is 14.4. The molecular formula is C24H28Cl2N4O6S. The molecule has 0 fully saturated rings. The minimum atomic E-state index is -3.71. The molecule has 2 amide bonds. The number of carbonyl (C=O) groups is 2. The van der Waals surface area contributed by atoms with Gasteiger partial charge >= 0.3 is 6.09 Å². The van der Waals surface area contributed by atoms with Crippen LogP contribution in [0.5, 0.6) is 0 Å². The van der Waals surface area contributed by atoms with Crippen LogP contribution < -0.4 is 5.32 Å². The fraction of sp³-hybridized carbons (Fsp3) is 0.375. The zero-order valence-corrected chi connectivity index (χ0v) is 22.7. The molecule has 0 radical (unpaired) electrons. The van der Waals surface area contributed by atoms with Crippen LogP contribution in [-0.2, 0) is 25.9 Å². The average molecular weight is 571 g/mol. The summed E-state index contributed by atoms with van der Waals surface area (Å²) >= 11 is 11.9. The number of halogens is 2. The van der Waals surface area contributed by atoms with E-state index >= 15 is 0 Å². The zero-order valence-electron chi connectivity index (χ0n) is 20.4. The SMILES string of the molecule is CC(COCC(=O)N(C)Cc1ccc(C2=NCCN2C(=O)O)cc1)NCS(=O)(=O)c1cccc(Cl)c1Cl. The predicted molar refractivity (Wildman–Crippen MR) is 141 cm³/mol. The number of amides is 2. The number of rotatable bonds is 11. The standard InChI is InChI=1S/C24H28Cl2N4O6S/c1-16(28-15-37(34,35)20-5-3-4-19(25)22(20)26)13-36-14-21(31)29(2)12-17-6-8-18(9-7-17)23-27-10-11-30(23)24(32)33/h3-9,16,28H,10-15H2,1-2H3,(H,32,33). The largest absolute Gasteiger partial charge is 0.465 e. The lowest BCUT2D eigenvalue weighted by Gasteiger charge is -2.19. The van der Waals surface area contributed by atoms with Crippen molar-refractivity contribution in [1.82, 2.24) is 15.1 Å². The van der Waals surface area contributed by atoms with Crippen LogP contribution in [0.25, 0.3) is 0 Å². The molecule has 1 aliphatic rings. The third-order valence-corrected chi connectivity index (χ3v) is 8.08. The number of nitrogens with one attached hydrogen (secondary N) is 1. The van der Waals surface area contributed by atoms with Crippen molar-refractivity contribution >= 4 is 50.9 Å². The lowest BCUT2D eigenvalue weighted by atomic mass is 10.1. The van der Waals surface area contributed by atoms with Crippen LogP contribution in [0.3, 0.4) is 0 Å². The van der Waals surface area contributed by atoms with E-state index in [1.807, 2.05) is 12.1 Å². The first-order valence-electron chi connectivity index (χ1n) is 11.4. The Morgan fingerprint density at radius 2 is 1.92 bits per heavy atom. The van der Waals surface area contributed by atoms with Gasteiger partial charge in [-0.2, -0.15) is 0 Å². The maximum Gasteiger partial charge on any atom is 0.413 e. The molecule has 2 N–H and O–H groups in total.